The van der Waals surface area contributed by atoms with Crippen LogP contribution in [0.4, 0.5) is 4.39 Å². The van der Waals surface area contributed by atoms with Crippen LogP contribution in [0.5, 0.6) is 0 Å². The normalized spacial score (nSPS) is 17.2. The lowest BCUT2D eigenvalue weighted by atomic mass is 10.00. The molecule has 0 bridgehead atoms. The van der Waals surface area contributed by atoms with E-state index in [1.54, 1.807) is 6.07 Å². The van der Waals surface area contributed by atoms with Gasteiger partial charge in [-0.25, -0.2) is 4.39 Å². The molecule has 1 heterocycles. The fourth-order valence-electron chi connectivity index (χ4n) is 1.75. The molecule has 2 rings (SSSR count). The highest BCUT2D eigenvalue weighted by Gasteiger charge is 2.16. The van der Waals surface area contributed by atoms with Gasteiger partial charge in [0.05, 0.1) is 0 Å². The highest BCUT2D eigenvalue weighted by atomic mass is 79.9. The van der Waals surface area contributed by atoms with E-state index in [0.29, 0.717) is 0 Å². The summed E-state index contributed by atoms with van der Waals surface area (Å²) in [6.07, 6.45) is 0.824. The molecule has 1 aliphatic rings. The van der Waals surface area contributed by atoms with Gasteiger partial charge >= 0.3 is 0 Å². The van der Waals surface area contributed by atoms with Crippen molar-refractivity contribution >= 4 is 15.9 Å². The molecule has 0 fully saturated rings. The van der Waals surface area contributed by atoms with Crippen molar-refractivity contribution in [2.45, 2.75) is 13.0 Å². The molecule has 1 nitrogen and oxygen atoms in total. The molecule has 0 unspecified atom stereocenters. The number of rotatable bonds is 0. The predicted molar refractivity (Wildman–Crippen MR) is 54.1 cm³/mol. The SMILES string of the molecule is CN1CCc2c(F)cc(Br)cc2C1. The summed E-state index contributed by atoms with van der Waals surface area (Å²) < 4.78 is 14.2. The van der Waals surface area contributed by atoms with E-state index >= 15 is 0 Å². The van der Waals surface area contributed by atoms with E-state index < -0.39 is 0 Å². The first-order valence-corrected chi connectivity index (χ1v) is 5.11. The van der Waals surface area contributed by atoms with E-state index in [0.717, 1.165) is 35.1 Å². The lowest BCUT2D eigenvalue weighted by molar-refractivity contribution is 0.308. The molecule has 1 aliphatic heterocycles. The lowest BCUT2D eigenvalue weighted by Crippen LogP contribution is -2.27. The molecular formula is C10H11BrFN. The number of likely N-dealkylation sites (N-methyl/N-ethyl adjacent to an activating group) is 1. The van der Waals surface area contributed by atoms with Crippen LogP contribution in [0, 0.1) is 5.82 Å². The molecule has 1 aromatic carbocycles. The van der Waals surface area contributed by atoms with Gasteiger partial charge in [0, 0.05) is 17.6 Å². The van der Waals surface area contributed by atoms with Gasteiger partial charge in [-0.3, -0.25) is 0 Å². The van der Waals surface area contributed by atoms with Crippen molar-refractivity contribution < 1.29 is 4.39 Å². The average molecular weight is 244 g/mol. The quantitative estimate of drug-likeness (QED) is 0.678. The minimum absolute atomic E-state index is 0.0718. The van der Waals surface area contributed by atoms with Gasteiger partial charge in [0.1, 0.15) is 5.82 Å². The fraction of sp³-hybridized carbons (Fsp3) is 0.400. The van der Waals surface area contributed by atoms with Gasteiger partial charge in [0.15, 0.2) is 0 Å². The summed E-state index contributed by atoms with van der Waals surface area (Å²) in [5, 5.41) is 0. The molecule has 0 radical (unpaired) electrons. The molecular weight excluding hydrogens is 233 g/mol. The van der Waals surface area contributed by atoms with Crippen LogP contribution in [0.3, 0.4) is 0 Å². The third-order valence-corrected chi connectivity index (χ3v) is 2.89. The van der Waals surface area contributed by atoms with Crippen molar-refractivity contribution in [3.8, 4) is 0 Å². The number of nitrogens with zero attached hydrogens (tertiary/aromatic N) is 1. The van der Waals surface area contributed by atoms with Crippen molar-refractivity contribution in [2.24, 2.45) is 0 Å². The molecule has 0 aromatic heterocycles. The summed E-state index contributed by atoms with van der Waals surface area (Å²) in [6, 6.07) is 3.55. The van der Waals surface area contributed by atoms with Crippen LogP contribution in [0.15, 0.2) is 16.6 Å². The maximum absolute atomic E-state index is 13.4. The Kier molecular flexibility index (Phi) is 2.39. The van der Waals surface area contributed by atoms with Gasteiger partial charge in [-0.2, -0.15) is 0 Å². The standard InChI is InChI=1S/C10H11BrFN/c1-13-3-2-9-7(6-13)4-8(11)5-10(9)12/h4-5H,2-3,6H2,1H3. The molecule has 0 aliphatic carbocycles. The topological polar surface area (TPSA) is 3.24 Å². The van der Waals surface area contributed by atoms with Crippen LogP contribution in [0.1, 0.15) is 11.1 Å². The van der Waals surface area contributed by atoms with Gasteiger partial charge in [0.2, 0.25) is 0 Å². The van der Waals surface area contributed by atoms with E-state index in [1.165, 1.54) is 0 Å². The molecule has 0 N–H and O–H groups in total. The zero-order valence-corrected chi connectivity index (χ0v) is 9.07. The van der Waals surface area contributed by atoms with E-state index in [-0.39, 0.29) is 5.82 Å². The number of hydrogen-bond donors (Lipinski definition) is 0. The summed E-state index contributed by atoms with van der Waals surface area (Å²) in [7, 11) is 2.06. The number of fused-ring (bicyclic) bond motifs is 1. The van der Waals surface area contributed by atoms with E-state index in [4.69, 9.17) is 0 Å². The number of halogens is 2. The monoisotopic (exact) mass is 243 g/mol. The van der Waals surface area contributed by atoms with Crippen molar-refractivity contribution in [2.75, 3.05) is 13.6 Å². The smallest absolute Gasteiger partial charge is 0.127 e. The van der Waals surface area contributed by atoms with Crippen molar-refractivity contribution in [3.63, 3.8) is 0 Å². The number of hydrogen-bond acceptors (Lipinski definition) is 1. The summed E-state index contributed by atoms with van der Waals surface area (Å²) in [6.45, 7) is 1.80. The van der Waals surface area contributed by atoms with E-state index in [9.17, 15) is 4.39 Å². The Morgan fingerprint density at radius 2 is 2.23 bits per heavy atom. The third kappa shape index (κ3) is 1.76. The first-order valence-electron chi connectivity index (χ1n) is 4.32. The second-order valence-corrected chi connectivity index (χ2v) is 4.43. The Bertz CT molecular complexity index is 338. The predicted octanol–water partition coefficient (Wildman–Crippen LogP) is 2.58. The maximum atomic E-state index is 13.4. The second kappa shape index (κ2) is 3.39. The van der Waals surface area contributed by atoms with Gasteiger partial charge in [-0.15, -0.1) is 0 Å². The summed E-state index contributed by atoms with van der Waals surface area (Å²) in [5.74, 6) is -0.0718. The number of benzene rings is 1. The van der Waals surface area contributed by atoms with Crippen molar-refractivity contribution in [1.29, 1.82) is 0 Å². The maximum Gasteiger partial charge on any atom is 0.127 e. The van der Waals surface area contributed by atoms with Crippen LogP contribution in [-0.2, 0) is 13.0 Å². The lowest BCUT2D eigenvalue weighted by Gasteiger charge is -2.25. The van der Waals surface area contributed by atoms with E-state index in [2.05, 4.69) is 27.9 Å². The van der Waals surface area contributed by atoms with Crippen molar-refractivity contribution in [1.82, 2.24) is 4.90 Å². The molecule has 0 spiro atoms. The average Bonchev–Trinajstić information content (AvgIpc) is 2.02. The molecule has 0 amide bonds. The van der Waals surface area contributed by atoms with Gasteiger partial charge in [0.25, 0.3) is 0 Å². The molecule has 0 saturated heterocycles. The summed E-state index contributed by atoms with van der Waals surface area (Å²) in [5.41, 5.74) is 2.00. The van der Waals surface area contributed by atoms with Gasteiger partial charge < -0.3 is 4.90 Å². The van der Waals surface area contributed by atoms with Crippen LogP contribution >= 0.6 is 15.9 Å². The first-order chi connectivity index (χ1) is 6.16. The Labute approximate surface area is 85.7 Å². The van der Waals surface area contributed by atoms with Gasteiger partial charge in [-0.1, -0.05) is 15.9 Å². The highest BCUT2D eigenvalue weighted by molar-refractivity contribution is 9.10. The summed E-state index contributed by atoms with van der Waals surface area (Å²) >= 11 is 3.30. The largest absolute Gasteiger partial charge is 0.302 e. The molecule has 1 aromatic rings. The molecule has 13 heavy (non-hydrogen) atoms. The van der Waals surface area contributed by atoms with E-state index in [1.807, 2.05) is 6.07 Å². The first kappa shape index (κ1) is 9.16. The second-order valence-electron chi connectivity index (χ2n) is 3.51. The fourth-order valence-corrected chi connectivity index (χ4v) is 2.23. The van der Waals surface area contributed by atoms with Gasteiger partial charge in [-0.05, 0) is 36.7 Å². The third-order valence-electron chi connectivity index (χ3n) is 2.44. The highest BCUT2D eigenvalue weighted by Crippen LogP contribution is 2.25. The Morgan fingerprint density at radius 1 is 1.46 bits per heavy atom. The van der Waals surface area contributed by atoms with Crippen LogP contribution in [0.2, 0.25) is 0 Å². The molecule has 0 atom stereocenters. The van der Waals surface area contributed by atoms with Crippen LogP contribution < -0.4 is 0 Å². The zero-order chi connectivity index (χ0) is 9.42. The van der Waals surface area contributed by atoms with Crippen LogP contribution in [0.25, 0.3) is 0 Å². The minimum Gasteiger partial charge on any atom is -0.302 e. The van der Waals surface area contributed by atoms with Crippen molar-refractivity contribution in [3.05, 3.63) is 33.5 Å². The Balaban J connectivity index is 2.47. The Hall–Kier alpha value is -0.410. The molecule has 70 valence electrons. The minimum atomic E-state index is -0.0718. The Morgan fingerprint density at radius 3 is 3.00 bits per heavy atom. The summed E-state index contributed by atoms with van der Waals surface area (Å²) in [4.78, 5) is 2.20. The molecule has 0 saturated carbocycles. The molecule has 3 heteroatoms. The zero-order valence-electron chi connectivity index (χ0n) is 7.48. The van der Waals surface area contributed by atoms with Crippen LogP contribution in [-0.4, -0.2) is 18.5 Å².